The Hall–Kier alpha value is -2.44. The number of nitrogens with zero attached hydrogens (tertiary/aromatic N) is 2. The number of nitro groups is 1. The molecule has 1 heterocycles. The van der Waals surface area contributed by atoms with E-state index >= 15 is 0 Å². The number of amides is 2. The van der Waals surface area contributed by atoms with Gasteiger partial charge in [0.05, 0.1) is 11.5 Å². The van der Waals surface area contributed by atoms with Gasteiger partial charge in [-0.05, 0) is 24.5 Å². The van der Waals surface area contributed by atoms with Gasteiger partial charge in [0, 0.05) is 18.9 Å². The maximum atomic E-state index is 11.9. The fraction of sp³-hybridized carbons (Fsp3) is 0.385. The van der Waals surface area contributed by atoms with Gasteiger partial charge in [0.1, 0.15) is 5.69 Å². The largest absolute Gasteiger partial charge is 0.393 e. The Morgan fingerprint density at radius 3 is 2.30 bits per heavy atom. The highest BCUT2D eigenvalue weighted by Crippen LogP contribution is 2.24. The molecule has 2 N–H and O–H groups in total. The molecule has 1 fully saturated rings. The van der Waals surface area contributed by atoms with Crippen LogP contribution in [0.5, 0.6) is 0 Å². The number of imide groups is 1. The summed E-state index contributed by atoms with van der Waals surface area (Å²) in [6.07, 6.45) is 2.13. The highest BCUT2D eigenvalue weighted by Gasteiger charge is 2.24. The van der Waals surface area contributed by atoms with Crippen LogP contribution in [0, 0.1) is 10.1 Å². The Kier molecular flexibility index (Phi) is 3.97. The van der Waals surface area contributed by atoms with Crippen LogP contribution in [0.15, 0.2) is 18.2 Å². The second-order valence-corrected chi connectivity index (χ2v) is 4.73. The molecule has 2 rings (SSSR count). The Balaban J connectivity index is 2.20. The molecule has 0 spiro atoms. The van der Waals surface area contributed by atoms with E-state index in [0.717, 1.165) is 0 Å². The van der Waals surface area contributed by atoms with Crippen LogP contribution in [-0.4, -0.2) is 21.6 Å². The maximum Gasteiger partial charge on any atom is 0.292 e. The van der Waals surface area contributed by atoms with Crippen molar-refractivity contribution in [3.63, 3.8) is 0 Å². The minimum atomic E-state index is -0.568. The monoisotopic (exact) mass is 277 g/mol. The second kappa shape index (κ2) is 5.68. The third-order valence-corrected chi connectivity index (χ3v) is 3.26. The van der Waals surface area contributed by atoms with Crippen molar-refractivity contribution in [1.82, 2.24) is 4.90 Å². The van der Waals surface area contributed by atoms with E-state index in [1.54, 1.807) is 0 Å². The van der Waals surface area contributed by atoms with E-state index in [1.807, 2.05) is 0 Å². The third kappa shape index (κ3) is 2.93. The molecule has 1 aromatic carbocycles. The Labute approximate surface area is 115 Å². The van der Waals surface area contributed by atoms with Gasteiger partial charge in [-0.25, -0.2) is 0 Å². The summed E-state index contributed by atoms with van der Waals surface area (Å²) in [6.45, 7) is 0.111. The average molecular weight is 277 g/mol. The zero-order valence-electron chi connectivity index (χ0n) is 10.9. The highest BCUT2D eigenvalue weighted by atomic mass is 16.6. The molecular weight excluding hydrogens is 262 g/mol. The van der Waals surface area contributed by atoms with E-state index in [2.05, 4.69) is 0 Å². The number of hydrogen-bond donors (Lipinski definition) is 1. The van der Waals surface area contributed by atoms with Gasteiger partial charge in [-0.1, -0.05) is 6.07 Å². The van der Waals surface area contributed by atoms with E-state index < -0.39 is 4.92 Å². The number of benzene rings is 1. The molecule has 0 radical (unpaired) electrons. The van der Waals surface area contributed by atoms with Gasteiger partial charge >= 0.3 is 0 Å². The fourth-order valence-corrected chi connectivity index (χ4v) is 2.19. The number of nitrogens with two attached hydrogens (primary N) is 1. The first kappa shape index (κ1) is 14.0. The van der Waals surface area contributed by atoms with Crippen molar-refractivity contribution >= 4 is 23.2 Å². The molecule has 1 aliphatic rings. The second-order valence-electron chi connectivity index (χ2n) is 4.73. The molecule has 106 valence electrons. The summed E-state index contributed by atoms with van der Waals surface area (Å²) in [5, 5.41) is 10.7. The van der Waals surface area contributed by atoms with Gasteiger partial charge in [-0.15, -0.1) is 0 Å². The summed E-state index contributed by atoms with van der Waals surface area (Å²) in [5.41, 5.74) is 6.06. The first-order valence-corrected chi connectivity index (χ1v) is 6.35. The lowest BCUT2D eigenvalue weighted by molar-refractivity contribution is -0.383. The number of rotatable bonds is 3. The van der Waals surface area contributed by atoms with E-state index in [0.29, 0.717) is 31.2 Å². The van der Waals surface area contributed by atoms with E-state index in [9.17, 15) is 19.7 Å². The van der Waals surface area contributed by atoms with Crippen molar-refractivity contribution in [3.05, 3.63) is 33.9 Å². The molecule has 7 heteroatoms. The number of carbonyl (C=O) groups excluding carboxylic acids is 2. The van der Waals surface area contributed by atoms with Crippen LogP contribution in [0.1, 0.15) is 31.2 Å². The number of hydrogen-bond acceptors (Lipinski definition) is 5. The lowest BCUT2D eigenvalue weighted by Crippen LogP contribution is -2.34. The summed E-state index contributed by atoms with van der Waals surface area (Å²) in [5.74, 6) is -0.408. The number of nitro benzene ring substituents is 1. The molecule has 1 aliphatic heterocycles. The highest BCUT2D eigenvalue weighted by molar-refractivity contribution is 5.96. The van der Waals surface area contributed by atoms with Gasteiger partial charge < -0.3 is 5.73 Å². The Bertz CT molecular complexity index is 553. The Morgan fingerprint density at radius 1 is 1.20 bits per heavy atom. The lowest BCUT2D eigenvalue weighted by Gasteiger charge is -2.18. The Morgan fingerprint density at radius 2 is 1.80 bits per heavy atom. The quantitative estimate of drug-likeness (QED) is 0.391. The summed E-state index contributed by atoms with van der Waals surface area (Å²) >= 11 is 0. The molecule has 0 saturated carbocycles. The van der Waals surface area contributed by atoms with Crippen LogP contribution in [0.2, 0.25) is 0 Å². The number of carbonyl (C=O) groups is 2. The normalized spacial score (nSPS) is 16.1. The minimum absolute atomic E-state index is 0.0298. The predicted molar refractivity (Wildman–Crippen MR) is 71.5 cm³/mol. The van der Waals surface area contributed by atoms with Crippen molar-refractivity contribution in [2.75, 3.05) is 5.73 Å². The van der Waals surface area contributed by atoms with E-state index in [4.69, 9.17) is 5.73 Å². The molecule has 7 nitrogen and oxygen atoms in total. The molecular formula is C13H15N3O4. The van der Waals surface area contributed by atoms with Crippen LogP contribution in [0.25, 0.3) is 0 Å². The molecule has 0 unspecified atom stereocenters. The average Bonchev–Trinajstić information content (AvgIpc) is 2.53. The van der Waals surface area contributed by atoms with Crippen molar-refractivity contribution in [3.8, 4) is 0 Å². The minimum Gasteiger partial charge on any atom is -0.393 e. The topological polar surface area (TPSA) is 107 Å². The van der Waals surface area contributed by atoms with Crippen molar-refractivity contribution in [2.45, 2.75) is 32.2 Å². The summed E-state index contributed by atoms with van der Waals surface area (Å²) < 4.78 is 0. The SMILES string of the molecule is Nc1cc(CN2C(=O)CCCCC2=O)ccc1[N+](=O)[O-]. The van der Waals surface area contributed by atoms with Crippen LogP contribution in [-0.2, 0) is 16.1 Å². The summed E-state index contributed by atoms with van der Waals surface area (Å²) in [4.78, 5) is 35.0. The van der Waals surface area contributed by atoms with Crippen molar-refractivity contribution < 1.29 is 14.5 Å². The molecule has 0 aromatic heterocycles. The molecule has 1 aromatic rings. The fourth-order valence-electron chi connectivity index (χ4n) is 2.19. The van der Waals surface area contributed by atoms with Gasteiger partial charge in [-0.3, -0.25) is 24.6 Å². The van der Waals surface area contributed by atoms with Crippen molar-refractivity contribution in [1.29, 1.82) is 0 Å². The van der Waals surface area contributed by atoms with Crippen molar-refractivity contribution in [2.24, 2.45) is 0 Å². The zero-order valence-corrected chi connectivity index (χ0v) is 10.9. The molecule has 0 bridgehead atoms. The predicted octanol–water partition coefficient (Wildman–Crippen LogP) is 1.61. The summed E-state index contributed by atoms with van der Waals surface area (Å²) in [7, 11) is 0. The molecule has 20 heavy (non-hydrogen) atoms. The molecule has 2 amide bonds. The van der Waals surface area contributed by atoms with E-state index in [-0.39, 0.29) is 29.7 Å². The lowest BCUT2D eigenvalue weighted by atomic mass is 10.1. The van der Waals surface area contributed by atoms with Crippen LogP contribution in [0.4, 0.5) is 11.4 Å². The third-order valence-electron chi connectivity index (χ3n) is 3.26. The zero-order chi connectivity index (χ0) is 14.7. The summed E-state index contributed by atoms with van der Waals surface area (Å²) in [6, 6.07) is 4.24. The van der Waals surface area contributed by atoms with Gasteiger partial charge in [0.25, 0.3) is 5.69 Å². The standard InChI is InChI=1S/C13H15N3O4/c14-10-7-9(5-6-11(10)16(19)20)8-15-12(17)3-1-2-4-13(15)18/h5-7H,1-4,8,14H2. The van der Waals surface area contributed by atoms with Gasteiger partial charge in [0.2, 0.25) is 11.8 Å². The maximum absolute atomic E-state index is 11.9. The van der Waals surface area contributed by atoms with Gasteiger partial charge in [-0.2, -0.15) is 0 Å². The number of likely N-dealkylation sites (tertiary alicyclic amines) is 1. The molecule has 1 saturated heterocycles. The van der Waals surface area contributed by atoms with Crippen LogP contribution >= 0.6 is 0 Å². The number of nitrogen functional groups attached to an aromatic ring is 1. The molecule has 0 atom stereocenters. The van der Waals surface area contributed by atoms with Crippen LogP contribution < -0.4 is 5.73 Å². The van der Waals surface area contributed by atoms with Crippen LogP contribution in [0.3, 0.4) is 0 Å². The first-order chi connectivity index (χ1) is 9.49. The number of anilines is 1. The smallest absolute Gasteiger partial charge is 0.292 e. The first-order valence-electron chi connectivity index (χ1n) is 6.35. The van der Waals surface area contributed by atoms with E-state index in [1.165, 1.54) is 23.1 Å². The molecule has 0 aliphatic carbocycles. The van der Waals surface area contributed by atoms with Gasteiger partial charge in [0.15, 0.2) is 0 Å².